The van der Waals surface area contributed by atoms with Crippen molar-refractivity contribution in [1.29, 1.82) is 0 Å². The number of aromatic nitrogens is 1. The lowest BCUT2D eigenvalue weighted by Gasteiger charge is -2.02. The number of aromatic carboxylic acids is 1. The van der Waals surface area contributed by atoms with Gasteiger partial charge in [-0.25, -0.2) is 9.78 Å². The minimum atomic E-state index is -1.16. The van der Waals surface area contributed by atoms with Crippen LogP contribution in [-0.4, -0.2) is 26.9 Å². The van der Waals surface area contributed by atoms with Crippen molar-refractivity contribution in [3.8, 4) is 5.75 Å². The number of pyridine rings is 1. The van der Waals surface area contributed by atoms with Crippen LogP contribution in [-0.2, 0) is 0 Å². The van der Waals surface area contributed by atoms with Gasteiger partial charge in [-0.2, -0.15) is 0 Å². The lowest BCUT2D eigenvalue weighted by molar-refractivity contribution is 0.0697. The highest BCUT2D eigenvalue weighted by Gasteiger charge is 2.12. The summed E-state index contributed by atoms with van der Waals surface area (Å²) in [6.07, 6.45) is 6.84. The minimum absolute atomic E-state index is 0.0522. The summed E-state index contributed by atoms with van der Waals surface area (Å²) in [5.74, 6) is -1.89. The number of carbonyl (C=O) groups excluding carboxylic acids is 1. The first-order valence-electron chi connectivity index (χ1n) is 9.92. The van der Waals surface area contributed by atoms with Crippen LogP contribution in [0.25, 0.3) is 29.1 Å². The third-order valence-corrected chi connectivity index (χ3v) is 4.94. The van der Waals surface area contributed by atoms with E-state index in [4.69, 9.17) is 5.11 Å². The standard InChI is InChI=1S/C27H19NO4/c29-25(23-17-21(27(31)32)12-16-26(23)30)15-10-19-7-5-18(6-8-19)9-13-22-14-11-20-3-1-2-4-24(20)28-22/h1-17,30H,(H,31,32)/b13-9+,15-10+. The molecule has 0 spiro atoms. The molecule has 3 aromatic carbocycles. The van der Waals surface area contributed by atoms with Crippen LogP contribution in [0.4, 0.5) is 0 Å². The van der Waals surface area contributed by atoms with Crippen molar-refractivity contribution in [2.45, 2.75) is 0 Å². The van der Waals surface area contributed by atoms with Crippen molar-refractivity contribution < 1.29 is 19.8 Å². The zero-order valence-corrected chi connectivity index (χ0v) is 17.0. The summed E-state index contributed by atoms with van der Waals surface area (Å²) in [7, 11) is 0. The van der Waals surface area contributed by atoms with E-state index >= 15 is 0 Å². The molecule has 156 valence electrons. The second-order valence-corrected chi connectivity index (χ2v) is 7.16. The molecule has 32 heavy (non-hydrogen) atoms. The number of nitrogens with zero attached hydrogens (tertiary/aromatic N) is 1. The van der Waals surface area contributed by atoms with Crippen molar-refractivity contribution in [2.24, 2.45) is 0 Å². The van der Waals surface area contributed by atoms with Crippen LogP contribution in [0.2, 0.25) is 0 Å². The average molecular weight is 421 g/mol. The van der Waals surface area contributed by atoms with Gasteiger partial charge in [0.25, 0.3) is 0 Å². The molecular formula is C27H19NO4. The second-order valence-electron chi connectivity index (χ2n) is 7.16. The van der Waals surface area contributed by atoms with E-state index in [9.17, 15) is 14.7 Å². The molecule has 0 unspecified atom stereocenters. The number of hydrogen-bond donors (Lipinski definition) is 2. The topological polar surface area (TPSA) is 87.5 Å². The number of phenols is 1. The molecule has 4 aromatic rings. The summed E-state index contributed by atoms with van der Waals surface area (Å²) < 4.78 is 0. The van der Waals surface area contributed by atoms with Crippen LogP contribution in [0.3, 0.4) is 0 Å². The largest absolute Gasteiger partial charge is 0.507 e. The summed E-state index contributed by atoms with van der Waals surface area (Å²) in [6.45, 7) is 0. The fraction of sp³-hybridized carbons (Fsp3) is 0. The number of aromatic hydroxyl groups is 1. The van der Waals surface area contributed by atoms with E-state index in [0.29, 0.717) is 0 Å². The predicted molar refractivity (Wildman–Crippen MR) is 126 cm³/mol. The molecule has 0 saturated heterocycles. The Kier molecular flexibility index (Phi) is 5.90. The number of rotatable bonds is 6. The zero-order valence-electron chi connectivity index (χ0n) is 17.0. The third-order valence-electron chi connectivity index (χ3n) is 4.94. The van der Waals surface area contributed by atoms with E-state index in [-0.39, 0.29) is 16.9 Å². The van der Waals surface area contributed by atoms with Crippen LogP contribution in [0.5, 0.6) is 5.75 Å². The minimum Gasteiger partial charge on any atom is -0.507 e. The van der Waals surface area contributed by atoms with Gasteiger partial charge < -0.3 is 10.2 Å². The molecule has 0 atom stereocenters. The maximum atomic E-state index is 12.4. The van der Waals surface area contributed by atoms with Gasteiger partial charge in [0, 0.05) is 5.39 Å². The Labute approximate surface area is 184 Å². The van der Waals surface area contributed by atoms with E-state index in [1.165, 1.54) is 24.3 Å². The lowest BCUT2D eigenvalue weighted by Crippen LogP contribution is -2.01. The van der Waals surface area contributed by atoms with Crippen LogP contribution in [0.15, 0.2) is 84.9 Å². The predicted octanol–water partition coefficient (Wildman–Crippen LogP) is 5.71. The Morgan fingerprint density at radius 2 is 1.50 bits per heavy atom. The van der Waals surface area contributed by atoms with Crippen LogP contribution in [0, 0.1) is 0 Å². The molecule has 2 N–H and O–H groups in total. The van der Waals surface area contributed by atoms with Gasteiger partial charge in [0.15, 0.2) is 5.78 Å². The molecule has 0 amide bonds. The van der Waals surface area contributed by atoms with Gasteiger partial charge in [0.05, 0.1) is 22.3 Å². The molecule has 4 rings (SSSR count). The van der Waals surface area contributed by atoms with E-state index in [1.54, 1.807) is 6.08 Å². The Balaban J connectivity index is 1.46. The highest BCUT2D eigenvalue weighted by Crippen LogP contribution is 2.20. The Hall–Kier alpha value is -4.51. The summed E-state index contributed by atoms with van der Waals surface area (Å²) in [5.41, 5.74) is 3.48. The number of ketones is 1. The van der Waals surface area contributed by atoms with Crippen molar-refractivity contribution in [1.82, 2.24) is 4.98 Å². The maximum Gasteiger partial charge on any atom is 0.335 e. The molecule has 0 aliphatic rings. The molecular weight excluding hydrogens is 402 g/mol. The second kappa shape index (κ2) is 9.10. The smallest absolute Gasteiger partial charge is 0.335 e. The third kappa shape index (κ3) is 4.79. The number of hydrogen-bond acceptors (Lipinski definition) is 4. The summed E-state index contributed by atoms with van der Waals surface area (Å²) >= 11 is 0. The Bertz CT molecular complexity index is 1370. The first kappa shape index (κ1) is 20.8. The van der Waals surface area contributed by atoms with Crippen LogP contribution in [0.1, 0.15) is 37.5 Å². The first-order chi connectivity index (χ1) is 15.5. The van der Waals surface area contributed by atoms with Crippen molar-refractivity contribution in [3.63, 3.8) is 0 Å². The number of carboxylic acid groups (broad SMARTS) is 1. The molecule has 5 nitrogen and oxygen atoms in total. The zero-order chi connectivity index (χ0) is 22.5. The molecule has 0 fully saturated rings. The van der Waals surface area contributed by atoms with Gasteiger partial charge in [-0.15, -0.1) is 0 Å². The molecule has 1 aromatic heterocycles. The molecule has 0 aliphatic carbocycles. The van der Waals surface area contributed by atoms with Crippen LogP contribution >= 0.6 is 0 Å². The van der Waals surface area contributed by atoms with E-state index < -0.39 is 11.8 Å². The molecule has 0 saturated carbocycles. The first-order valence-corrected chi connectivity index (χ1v) is 9.92. The van der Waals surface area contributed by atoms with Gasteiger partial charge in [0.1, 0.15) is 5.75 Å². The van der Waals surface area contributed by atoms with Gasteiger partial charge in [0.2, 0.25) is 0 Å². The molecule has 1 heterocycles. The van der Waals surface area contributed by atoms with E-state index in [2.05, 4.69) is 4.98 Å². The van der Waals surface area contributed by atoms with E-state index in [0.717, 1.165) is 27.7 Å². The maximum absolute atomic E-state index is 12.4. The van der Waals surface area contributed by atoms with Gasteiger partial charge in [-0.3, -0.25) is 4.79 Å². The lowest BCUT2D eigenvalue weighted by atomic mass is 10.0. The number of para-hydroxylation sites is 1. The van der Waals surface area contributed by atoms with Crippen LogP contribution < -0.4 is 0 Å². The van der Waals surface area contributed by atoms with Crippen molar-refractivity contribution in [3.05, 3.63) is 113 Å². The average Bonchev–Trinajstić information content (AvgIpc) is 2.82. The summed E-state index contributed by atoms with van der Waals surface area (Å²) in [5, 5.41) is 20.0. The highest BCUT2D eigenvalue weighted by molar-refractivity contribution is 6.09. The monoisotopic (exact) mass is 421 g/mol. The Morgan fingerprint density at radius 3 is 2.25 bits per heavy atom. The van der Waals surface area contributed by atoms with Gasteiger partial charge >= 0.3 is 5.97 Å². The molecule has 0 aliphatic heterocycles. The quantitative estimate of drug-likeness (QED) is 0.308. The SMILES string of the molecule is O=C(O)c1ccc(O)c(C(=O)/C=C/c2ccc(/C=C/c3ccc4ccccc4n3)cc2)c1. The number of benzene rings is 3. The number of allylic oxidation sites excluding steroid dienone is 1. The summed E-state index contributed by atoms with van der Waals surface area (Å²) in [4.78, 5) is 28.1. The highest BCUT2D eigenvalue weighted by atomic mass is 16.4. The normalized spacial score (nSPS) is 11.4. The molecule has 0 bridgehead atoms. The summed E-state index contributed by atoms with van der Waals surface area (Å²) in [6, 6.07) is 23.1. The molecule has 5 heteroatoms. The van der Waals surface area contributed by atoms with Gasteiger partial charge in [-0.1, -0.05) is 60.7 Å². The fourth-order valence-corrected chi connectivity index (χ4v) is 3.20. The Morgan fingerprint density at radius 1 is 0.781 bits per heavy atom. The number of carboxylic acids is 1. The van der Waals surface area contributed by atoms with Crippen molar-refractivity contribution in [2.75, 3.05) is 0 Å². The number of phenolic OH excluding ortho intramolecular Hbond substituents is 1. The van der Waals surface area contributed by atoms with Crippen molar-refractivity contribution >= 4 is 40.9 Å². The fourth-order valence-electron chi connectivity index (χ4n) is 3.20. The van der Waals surface area contributed by atoms with E-state index in [1.807, 2.05) is 72.8 Å². The van der Waals surface area contributed by atoms with Gasteiger partial charge in [-0.05, 0) is 53.6 Å². The molecule has 0 radical (unpaired) electrons. The number of carbonyl (C=O) groups is 2. The number of fused-ring (bicyclic) bond motifs is 1.